The van der Waals surface area contributed by atoms with Gasteiger partial charge < -0.3 is 15.2 Å². The van der Waals surface area contributed by atoms with Gasteiger partial charge in [-0.15, -0.1) is 0 Å². The van der Waals surface area contributed by atoms with Crippen molar-refractivity contribution in [2.75, 3.05) is 19.8 Å². The standard InChI is InChI=1S/C23H45NO2/c1-2-3-4-5-6-7-8-9-10-11-12-13-14-15-16-17-18-26-21-22-19-23(25)20-24-22/h9-10,22-25H,2-8,11-21H2,1H3/b10-9+/t22-,23+/m0/s1. The summed E-state index contributed by atoms with van der Waals surface area (Å²) in [5.41, 5.74) is 0. The molecular weight excluding hydrogens is 322 g/mol. The van der Waals surface area contributed by atoms with Crippen LogP contribution in [0.5, 0.6) is 0 Å². The number of β-amino-alcohol motifs (C(OH)–C–C–N with tert-alkyl or cyclic N) is 1. The third-order valence-corrected chi connectivity index (χ3v) is 5.32. The summed E-state index contributed by atoms with van der Waals surface area (Å²) in [4.78, 5) is 0. The van der Waals surface area contributed by atoms with Crippen LogP contribution >= 0.6 is 0 Å². The van der Waals surface area contributed by atoms with Gasteiger partial charge in [-0.2, -0.15) is 0 Å². The van der Waals surface area contributed by atoms with Crippen molar-refractivity contribution < 1.29 is 9.84 Å². The molecule has 2 atom stereocenters. The number of hydrogen-bond acceptors (Lipinski definition) is 3. The fourth-order valence-corrected chi connectivity index (χ4v) is 3.60. The number of aliphatic hydroxyl groups excluding tert-OH is 1. The maximum absolute atomic E-state index is 9.43. The highest BCUT2D eigenvalue weighted by atomic mass is 16.5. The van der Waals surface area contributed by atoms with Crippen molar-refractivity contribution >= 4 is 0 Å². The summed E-state index contributed by atoms with van der Waals surface area (Å²) in [5, 5.41) is 12.7. The van der Waals surface area contributed by atoms with Gasteiger partial charge in [-0.25, -0.2) is 0 Å². The van der Waals surface area contributed by atoms with Crippen LogP contribution in [0.1, 0.15) is 103 Å². The second-order valence-electron chi connectivity index (χ2n) is 8.01. The van der Waals surface area contributed by atoms with E-state index in [0.717, 1.165) is 26.2 Å². The van der Waals surface area contributed by atoms with Gasteiger partial charge in [0.2, 0.25) is 0 Å². The third kappa shape index (κ3) is 14.8. The van der Waals surface area contributed by atoms with Gasteiger partial charge in [0, 0.05) is 19.2 Å². The minimum Gasteiger partial charge on any atom is -0.392 e. The van der Waals surface area contributed by atoms with Crippen LogP contribution in [-0.2, 0) is 4.74 Å². The average Bonchev–Trinajstić information content (AvgIpc) is 3.06. The molecule has 1 fully saturated rings. The first-order valence-corrected chi connectivity index (χ1v) is 11.5. The Morgan fingerprint density at radius 3 is 2.00 bits per heavy atom. The molecule has 1 saturated heterocycles. The van der Waals surface area contributed by atoms with Crippen molar-refractivity contribution in [2.24, 2.45) is 0 Å². The molecule has 1 aliphatic heterocycles. The molecule has 3 nitrogen and oxygen atoms in total. The van der Waals surface area contributed by atoms with E-state index in [1.807, 2.05) is 0 Å². The van der Waals surface area contributed by atoms with Crippen molar-refractivity contribution in [1.29, 1.82) is 0 Å². The molecule has 0 bridgehead atoms. The van der Waals surface area contributed by atoms with E-state index in [0.29, 0.717) is 6.04 Å². The van der Waals surface area contributed by atoms with Crippen LogP contribution in [0.25, 0.3) is 0 Å². The summed E-state index contributed by atoms with van der Waals surface area (Å²) in [7, 11) is 0. The Hall–Kier alpha value is -0.380. The zero-order chi connectivity index (χ0) is 18.7. The van der Waals surface area contributed by atoms with Crippen molar-refractivity contribution in [3.05, 3.63) is 12.2 Å². The maximum atomic E-state index is 9.43. The molecule has 154 valence electrons. The molecule has 0 aliphatic carbocycles. The van der Waals surface area contributed by atoms with Crippen LogP contribution in [0, 0.1) is 0 Å². The van der Waals surface area contributed by atoms with Crippen LogP contribution < -0.4 is 5.32 Å². The van der Waals surface area contributed by atoms with E-state index >= 15 is 0 Å². The molecule has 0 aromatic rings. The number of hydrogen-bond donors (Lipinski definition) is 2. The molecule has 1 rings (SSSR count). The maximum Gasteiger partial charge on any atom is 0.0680 e. The van der Waals surface area contributed by atoms with Crippen LogP contribution in [-0.4, -0.2) is 37.0 Å². The largest absolute Gasteiger partial charge is 0.392 e. The molecule has 26 heavy (non-hydrogen) atoms. The molecule has 0 radical (unpaired) electrons. The van der Waals surface area contributed by atoms with E-state index in [-0.39, 0.29) is 6.10 Å². The van der Waals surface area contributed by atoms with Crippen LogP contribution in [0.2, 0.25) is 0 Å². The third-order valence-electron chi connectivity index (χ3n) is 5.32. The monoisotopic (exact) mass is 367 g/mol. The lowest BCUT2D eigenvalue weighted by atomic mass is 10.1. The summed E-state index contributed by atoms with van der Waals surface area (Å²) in [6.07, 6.45) is 24.3. The van der Waals surface area contributed by atoms with Crippen molar-refractivity contribution in [3.63, 3.8) is 0 Å². The first-order valence-electron chi connectivity index (χ1n) is 11.5. The Labute approximate surface area is 163 Å². The van der Waals surface area contributed by atoms with Gasteiger partial charge in [0.1, 0.15) is 0 Å². The topological polar surface area (TPSA) is 41.5 Å². The van der Waals surface area contributed by atoms with Crippen molar-refractivity contribution in [2.45, 2.75) is 115 Å². The Bertz CT molecular complexity index is 319. The Morgan fingerprint density at radius 1 is 0.846 bits per heavy atom. The minimum absolute atomic E-state index is 0.172. The number of allylic oxidation sites excluding steroid dienone is 2. The average molecular weight is 368 g/mol. The summed E-state index contributed by atoms with van der Waals surface area (Å²) >= 11 is 0. The highest BCUT2D eigenvalue weighted by molar-refractivity contribution is 4.81. The van der Waals surface area contributed by atoms with E-state index in [2.05, 4.69) is 24.4 Å². The Balaban J connectivity index is 1.70. The molecule has 0 spiro atoms. The van der Waals surface area contributed by atoms with Gasteiger partial charge in [-0.05, 0) is 38.5 Å². The predicted octanol–water partition coefficient (Wildman–Crippen LogP) is 5.76. The van der Waals surface area contributed by atoms with Crippen molar-refractivity contribution in [1.82, 2.24) is 5.32 Å². The molecular formula is C23H45NO2. The Kier molecular flexibility index (Phi) is 16.4. The van der Waals surface area contributed by atoms with Crippen LogP contribution in [0.15, 0.2) is 12.2 Å². The number of ether oxygens (including phenoxy) is 1. The summed E-state index contributed by atoms with van der Waals surface area (Å²) in [5.74, 6) is 0. The second-order valence-corrected chi connectivity index (χ2v) is 8.01. The molecule has 3 heteroatoms. The molecule has 0 aromatic heterocycles. The fourth-order valence-electron chi connectivity index (χ4n) is 3.60. The lowest BCUT2D eigenvalue weighted by molar-refractivity contribution is 0.107. The molecule has 0 saturated carbocycles. The SMILES string of the molecule is CCCCCCCC/C=C/CCCCCCCCOC[C@@H]1C[C@@H](O)CN1. The number of rotatable bonds is 18. The molecule has 1 heterocycles. The van der Waals surface area contributed by atoms with Gasteiger partial charge in [-0.3, -0.25) is 0 Å². The first kappa shape index (κ1) is 23.7. The zero-order valence-corrected chi connectivity index (χ0v) is 17.4. The molecule has 0 unspecified atom stereocenters. The number of nitrogens with one attached hydrogen (secondary N) is 1. The van der Waals surface area contributed by atoms with E-state index < -0.39 is 0 Å². The normalized spacial score (nSPS) is 20.4. The van der Waals surface area contributed by atoms with Gasteiger partial charge in [0.05, 0.1) is 12.7 Å². The van der Waals surface area contributed by atoms with Crippen LogP contribution in [0.4, 0.5) is 0 Å². The van der Waals surface area contributed by atoms with E-state index in [1.54, 1.807) is 0 Å². The van der Waals surface area contributed by atoms with Gasteiger partial charge >= 0.3 is 0 Å². The molecule has 1 aliphatic rings. The molecule has 0 aromatic carbocycles. The lowest BCUT2D eigenvalue weighted by Crippen LogP contribution is -2.26. The van der Waals surface area contributed by atoms with Gasteiger partial charge in [0.25, 0.3) is 0 Å². The quantitative estimate of drug-likeness (QED) is 0.239. The molecule has 0 amide bonds. The fraction of sp³-hybridized carbons (Fsp3) is 0.913. The van der Waals surface area contributed by atoms with Crippen molar-refractivity contribution in [3.8, 4) is 0 Å². The molecule has 2 N–H and O–H groups in total. The predicted molar refractivity (Wildman–Crippen MR) is 113 cm³/mol. The number of aliphatic hydroxyl groups is 1. The summed E-state index contributed by atoms with van der Waals surface area (Å²) < 4.78 is 5.70. The summed E-state index contributed by atoms with van der Waals surface area (Å²) in [6.45, 7) is 4.63. The first-order chi connectivity index (χ1) is 12.8. The number of unbranched alkanes of at least 4 members (excludes halogenated alkanes) is 12. The lowest BCUT2D eigenvalue weighted by Gasteiger charge is -2.10. The van der Waals surface area contributed by atoms with E-state index in [9.17, 15) is 5.11 Å². The summed E-state index contributed by atoms with van der Waals surface area (Å²) in [6, 6.07) is 0.360. The van der Waals surface area contributed by atoms with Gasteiger partial charge in [-0.1, -0.05) is 76.9 Å². The van der Waals surface area contributed by atoms with E-state index in [1.165, 1.54) is 89.9 Å². The minimum atomic E-state index is -0.172. The van der Waals surface area contributed by atoms with Gasteiger partial charge in [0.15, 0.2) is 0 Å². The Morgan fingerprint density at radius 2 is 1.42 bits per heavy atom. The van der Waals surface area contributed by atoms with Crippen LogP contribution in [0.3, 0.4) is 0 Å². The highest BCUT2D eigenvalue weighted by Crippen LogP contribution is 2.10. The highest BCUT2D eigenvalue weighted by Gasteiger charge is 2.21. The van der Waals surface area contributed by atoms with E-state index in [4.69, 9.17) is 4.74 Å². The smallest absolute Gasteiger partial charge is 0.0680 e. The second kappa shape index (κ2) is 18.0. The zero-order valence-electron chi connectivity index (χ0n) is 17.4.